The Bertz CT molecular complexity index is 1330. The summed E-state index contributed by atoms with van der Waals surface area (Å²) >= 11 is 0. The highest BCUT2D eigenvalue weighted by molar-refractivity contribution is 5.95. The number of piperazine rings is 1. The molecule has 0 radical (unpaired) electrons. The van der Waals surface area contributed by atoms with Crippen molar-refractivity contribution in [3.63, 3.8) is 0 Å². The molecule has 1 aromatic heterocycles. The second kappa shape index (κ2) is 10.6. The van der Waals surface area contributed by atoms with Crippen LogP contribution in [0.1, 0.15) is 21.6 Å². The molecule has 0 atom stereocenters. The van der Waals surface area contributed by atoms with Gasteiger partial charge in [0, 0.05) is 50.6 Å². The first-order chi connectivity index (χ1) is 16.8. The summed E-state index contributed by atoms with van der Waals surface area (Å²) in [4.78, 5) is 42.7. The highest BCUT2D eigenvalue weighted by Crippen LogP contribution is 2.20. The van der Waals surface area contributed by atoms with Crippen molar-refractivity contribution in [2.75, 3.05) is 46.8 Å². The van der Waals surface area contributed by atoms with Gasteiger partial charge in [0.1, 0.15) is 5.82 Å². The number of halogens is 1. The van der Waals surface area contributed by atoms with Crippen molar-refractivity contribution in [3.05, 3.63) is 87.6 Å². The van der Waals surface area contributed by atoms with Crippen molar-refractivity contribution in [1.82, 2.24) is 24.9 Å². The van der Waals surface area contributed by atoms with Crippen molar-refractivity contribution < 1.29 is 14.0 Å². The summed E-state index contributed by atoms with van der Waals surface area (Å²) in [6.07, 6.45) is 3.69. The van der Waals surface area contributed by atoms with Crippen LogP contribution >= 0.6 is 0 Å². The molecule has 0 bridgehead atoms. The predicted molar refractivity (Wildman–Crippen MR) is 132 cm³/mol. The van der Waals surface area contributed by atoms with E-state index in [0.717, 1.165) is 0 Å². The molecule has 182 valence electrons. The molecule has 1 N–H and O–H groups in total. The highest BCUT2D eigenvalue weighted by atomic mass is 19.1. The van der Waals surface area contributed by atoms with Crippen LogP contribution in [-0.2, 0) is 11.2 Å². The Morgan fingerprint density at radius 3 is 2.46 bits per heavy atom. The number of rotatable bonds is 6. The summed E-state index contributed by atoms with van der Waals surface area (Å²) in [6.45, 7) is 2.13. The number of H-pyrrole nitrogens is 1. The molecular formula is C26H28FN5O3. The van der Waals surface area contributed by atoms with Crippen molar-refractivity contribution in [3.8, 4) is 0 Å². The molecule has 1 aliphatic heterocycles. The highest BCUT2D eigenvalue weighted by Gasteiger charge is 2.26. The second-order valence-corrected chi connectivity index (χ2v) is 8.82. The maximum Gasteiger partial charge on any atom is 0.272 e. The molecular weight excluding hydrogens is 449 g/mol. The first-order valence-corrected chi connectivity index (χ1v) is 11.5. The Morgan fingerprint density at radius 1 is 1.06 bits per heavy atom. The number of nitrogens with one attached hydrogen (secondary N) is 1. The summed E-state index contributed by atoms with van der Waals surface area (Å²) in [5.74, 6) is -1.09. The van der Waals surface area contributed by atoms with E-state index in [4.69, 9.17) is 0 Å². The molecule has 2 aromatic carbocycles. The lowest BCUT2D eigenvalue weighted by Crippen LogP contribution is -2.50. The van der Waals surface area contributed by atoms with E-state index in [1.54, 1.807) is 46.2 Å². The minimum absolute atomic E-state index is 0.0121. The number of carbonyl (C=O) groups excluding carboxylic acids is 2. The summed E-state index contributed by atoms with van der Waals surface area (Å²) in [5, 5.41) is 7.92. The normalized spacial score (nSPS) is 14.3. The second-order valence-electron chi connectivity index (χ2n) is 8.82. The van der Waals surface area contributed by atoms with Gasteiger partial charge >= 0.3 is 0 Å². The average molecular weight is 478 g/mol. The van der Waals surface area contributed by atoms with E-state index in [-0.39, 0.29) is 17.0 Å². The molecule has 0 aliphatic carbocycles. The van der Waals surface area contributed by atoms with Crippen LogP contribution in [0, 0.1) is 5.82 Å². The first-order valence-electron chi connectivity index (χ1n) is 11.5. The van der Waals surface area contributed by atoms with E-state index >= 15 is 0 Å². The zero-order chi connectivity index (χ0) is 24.9. The molecule has 35 heavy (non-hydrogen) atoms. The Morgan fingerprint density at radius 2 is 1.74 bits per heavy atom. The molecule has 2 amide bonds. The third kappa shape index (κ3) is 5.63. The fourth-order valence-corrected chi connectivity index (χ4v) is 4.12. The number of aromatic amines is 1. The van der Waals surface area contributed by atoms with Crippen LogP contribution in [0.15, 0.2) is 59.4 Å². The molecule has 1 aliphatic rings. The Kier molecular flexibility index (Phi) is 7.36. The minimum Gasteiger partial charge on any atom is -0.336 e. The lowest BCUT2D eigenvalue weighted by molar-refractivity contribution is -0.127. The Balaban J connectivity index is 1.46. The van der Waals surface area contributed by atoms with Gasteiger partial charge in [-0.25, -0.2) is 9.49 Å². The van der Waals surface area contributed by atoms with Crippen LogP contribution < -0.4 is 5.56 Å². The van der Waals surface area contributed by atoms with Crippen LogP contribution in [0.25, 0.3) is 10.8 Å². The summed E-state index contributed by atoms with van der Waals surface area (Å²) in [7, 11) is 3.85. The standard InChI is InChI=1S/C26H28FN5O3/c1-30(2)11-5-8-24(33)31-12-14-32(15-13-31)26(35)21-16-18(9-10-22(21)27)17-23-19-6-3-4-7-20(19)25(34)29-28-23/h3-10,16H,11-15,17H2,1-2H3,(H,29,34). The number of hydrogen-bond acceptors (Lipinski definition) is 5. The molecule has 4 rings (SSSR count). The smallest absolute Gasteiger partial charge is 0.272 e. The SMILES string of the molecule is CN(C)CC=CC(=O)N1CCN(C(=O)c2cc(Cc3n[nH]c(=O)c4ccccc34)ccc2F)CC1. The van der Waals surface area contributed by atoms with Gasteiger partial charge in [0.25, 0.3) is 11.5 Å². The van der Waals surface area contributed by atoms with E-state index in [9.17, 15) is 18.8 Å². The molecule has 0 spiro atoms. The molecule has 2 heterocycles. The molecule has 0 unspecified atom stereocenters. The number of hydrogen-bond donors (Lipinski definition) is 1. The van der Waals surface area contributed by atoms with E-state index in [2.05, 4.69) is 10.2 Å². The summed E-state index contributed by atoms with van der Waals surface area (Å²) in [6, 6.07) is 11.6. The lowest BCUT2D eigenvalue weighted by atomic mass is 10.0. The maximum atomic E-state index is 14.6. The van der Waals surface area contributed by atoms with Gasteiger partial charge in [0.05, 0.1) is 16.6 Å². The van der Waals surface area contributed by atoms with Gasteiger partial charge in [-0.05, 0) is 37.9 Å². The molecule has 3 aromatic rings. The number of benzene rings is 2. The molecule has 8 nitrogen and oxygen atoms in total. The number of amides is 2. The maximum absolute atomic E-state index is 14.6. The number of likely N-dealkylation sites (N-methyl/N-ethyl adjacent to an activating group) is 1. The molecule has 0 saturated carbocycles. The molecule has 1 fully saturated rings. The molecule has 1 saturated heterocycles. The fraction of sp³-hybridized carbons (Fsp3) is 0.308. The first kappa shape index (κ1) is 24.3. The Labute approximate surface area is 202 Å². The third-order valence-corrected chi connectivity index (χ3v) is 6.02. The van der Waals surface area contributed by atoms with Crippen LogP contribution in [0.3, 0.4) is 0 Å². The summed E-state index contributed by atoms with van der Waals surface area (Å²) < 4.78 is 14.6. The number of carbonyl (C=O) groups is 2. The zero-order valence-corrected chi connectivity index (χ0v) is 19.8. The quantitative estimate of drug-likeness (QED) is 0.549. The topological polar surface area (TPSA) is 89.6 Å². The molecule has 9 heteroatoms. The van der Waals surface area contributed by atoms with Crippen LogP contribution in [0.2, 0.25) is 0 Å². The van der Waals surface area contributed by atoms with Crippen LogP contribution in [0.4, 0.5) is 4.39 Å². The third-order valence-electron chi connectivity index (χ3n) is 6.02. The van der Waals surface area contributed by atoms with Gasteiger partial charge in [-0.1, -0.05) is 30.3 Å². The van der Waals surface area contributed by atoms with E-state index in [0.29, 0.717) is 61.2 Å². The Hall–Kier alpha value is -3.85. The lowest BCUT2D eigenvalue weighted by Gasteiger charge is -2.34. The van der Waals surface area contributed by atoms with Crippen molar-refractivity contribution in [1.29, 1.82) is 0 Å². The van der Waals surface area contributed by atoms with Gasteiger partial charge in [0.2, 0.25) is 5.91 Å². The number of fused-ring (bicyclic) bond motifs is 1. The van der Waals surface area contributed by atoms with Gasteiger partial charge in [-0.2, -0.15) is 5.10 Å². The van der Waals surface area contributed by atoms with Gasteiger partial charge < -0.3 is 14.7 Å². The van der Waals surface area contributed by atoms with E-state index in [1.165, 1.54) is 6.07 Å². The monoisotopic (exact) mass is 477 g/mol. The number of nitrogens with zero attached hydrogens (tertiary/aromatic N) is 4. The number of aromatic nitrogens is 2. The van der Waals surface area contributed by atoms with E-state index in [1.807, 2.05) is 31.1 Å². The zero-order valence-electron chi connectivity index (χ0n) is 19.8. The van der Waals surface area contributed by atoms with Crippen molar-refractivity contribution in [2.24, 2.45) is 0 Å². The van der Waals surface area contributed by atoms with Crippen LogP contribution in [-0.4, -0.2) is 83.5 Å². The van der Waals surface area contributed by atoms with Crippen molar-refractivity contribution >= 4 is 22.6 Å². The fourth-order valence-electron chi connectivity index (χ4n) is 4.12. The minimum atomic E-state index is -0.594. The van der Waals surface area contributed by atoms with Crippen LogP contribution in [0.5, 0.6) is 0 Å². The van der Waals surface area contributed by atoms with Gasteiger partial charge in [-0.15, -0.1) is 0 Å². The largest absolute Gasteiger partial charge is 0.336 e. The predicted octanol–water partition coefficient (Wildman–Crippen LogP) is 2.06. The average Bonchev–Trinajstić information content (AvgIpc) is 2.86. The van der Waals surface area contributed by atoms with E-state index < -0.39 is 11.7 Å². The van der Waals surface area contributed by atoms with Gasteiger partial charge in [0.15, 0.2) is 0 Å². The van der Waals surface area contributed by atoms with Gasteiger partial charge in [-0.3, -0.25) is 14.4 Å². The summed E-state index contributed by atoms with van der Waals surface area (Å²) in [5.41, 5.74) is 1.06. The van der Waals surface area contributed by atoms with Crippen molar-refractivity contribution in [2.45, 2.75) is 6.42 Å².